The fourth-order valence-corrected chi connectivity index (χ4v) is 5.50. The molecule has 1 aliphatic rings. The highest BCUT2D eigenvalue weighted by Gasteiger charge is 2.41. The topological polar surface area (TPSA) is 73.2 Å². The first kappa shape index (κ1) is 25.8. The van der Waals surface area contributed by atoms with E-state index in [9.17, 15) is 14.9 Å². The second-order valence-corrected chi connectivity index (χ2v) is 10.6. The average Bonchev–Trinajstić information content (AvgIpc) is 3.15. The van der Waals surface area contributed by atoms with Gasteiger partial charge in [0, 0.05) is 21.4 Å². The first-order chi connectivity index (χ1) is 17.2. The molecule has 8 heteroatoms. The zero-order valence-electron chi connectivity index (χ0n) is 19.9. The predicted molar refractivity (Wildman–Crippen MR) is 147 cm³/mol. The van der Waals surface area contributed by atoms with Gasteiger partial charge in [-0.05, 0) is 86.3 Å². The summed E-state index contributed by atoms with van der Waals surface area (Å²) < 4.78 is 0. The highest BCUT2D eigenvalue weighted by Crippen LogP contribution is 2.43. The number of aryl methyl sites for hydroxylation is 3. The van der Waals surface area contributed by atoms with E-state index in [1.54, 1.807) is 30.3 Å². The normalized spacial score (nSPS) is 16.6. The molecule has 0 radical (unpaired) electrons. The number of thioether (sulfide) groups is 1. The number of hydrogen-bond donors (Lipinski definition) is 1. The van der Waals surface area contributed by atoms with E-state index in [1.165, 1.54) is 16.7 Å². The quantitative estimate of drug-likeness (QED) is 0.282. The molecule has 1 atom stereocenters. The Balaban J connectivity index is 1.76. The molecule has 36 heavy (non-hydrogen) atoms. The molecular weight excluding hydrogens is 513 g/mol. The van der Waals surface area contributed by atoms with Crippen molar-refractivity contribution < 1.29 is 9.59 Å². The monoisotopic (exact) mass is 535 g/mol. The molecule has 0 aromatic heterocycles. The van der Waals surface area contributed by atoms with Crippen molar-refractivity contribution >= 4 is 58.2 Å². The van der Waals surface area contributed by atoms with Crippen LogP contribution in [0.3, 0.4) is 0 Å². The summed E-state index contributed by atoms with van der Waals surface area (Å²) in [5, 5.41) is 13.5. The van der Waals surface area contributed by atoms with Gasteiger partial charge in [-0.25, -0.2) is 0 Å². The van der Waals surface area contributed by atoms with Gasteiger partial charge in [0.25, 0.3) is 5.91 Å². The van der Waals surface area contributed by atoms with Crippen molar-refractivity contribution in [3.05, 3.63) is 104 Å². The summed E-state index contributed by atoms with van der Waals surface area (Å²) in [4.78, 5) is 28.4. The molecule has 3 aromatic carbocycles. The molecule has 4 rings (SSSR count). The maximum Gasteiger partial charge on any atom is 0.269 e. The van der Waals surface area contributed by atoms with Gasteiger partial charge >= 0.3 is 0 Å². The van der Waals surface area contributed by atoms with Crippen molar-refractivity contribution in [1.29, 1.82) is 5.26 Å². The van der Waals surface area contributed by atoms with Gasteiger partial charge in [0.2, 0.25) is 5.91 Å². The molecule has 1 fully saturated rings. The summed E-state index contributed by atoms with van der Waals surface area (Å²) in [6.45, 7) is 5.88. The van der Waals surface area contributed by atoms with Crippen LogP contribution in [0.25, 0.3) is 0 Å². The van der Waals surface area contributed by atoms with Crippen LogP contribution in [0.15, 0.2) is 71.3 Å². The van der Waals surface area contributed by atoms with Crippen molar-refractivity contribution in [2.24, 2.45) is 0 Å². The smallest absolute Gasteiger partial charge is 0.269 e. The SMILES string of the molecule is Cc1ccc(NC(=O)/C(C#N)=C2\S[C@H](Cc3cc(Cl)ccc3Cl)C(=O)N2c2ccc(C)c(C)c2)cc1. The third-order valence-corrected chi connectivity index (χ3v) is 7.84. The minimum absolute atomic E-state index is 0.133. The molecule has 3 aromatic rings. The number of nitriles is 1. The number of carbonyl (C=O) groups is 2. The van der Waals surface area contributed by atoms with Crippen LogP contribution in [0.2, 0.25) is 10.0 Å². The number of nitrogens with zero attached hydrogens (tertiary/aromatic N) is 2. The Morgan fingerprint density at radius 1 is 1.03 bits per heavy atom. The van der Waals surface area contributed by atoms with Crippen LogP contribution in [0, 0.1) is 32.1 Å². The van der Waals surface area contributed by atoms with Crippen LogP contribution in [-0.4, -0.2) is 17.1 Å². The van der Waals surface area contributed by atoms with E-state index in [2.05, 4.69) is 5.32 Å². The maximum absolute atomic E-state index is 13.7. The Kier molecular flexibility index (Phi) is 7.75. The highest BCUT2D eigenvalue weighted by molar-refractivity contribution is 8.05. The van der Waals surface area contributed by atoms with E-state index in [4.69, 9.17) is 23.2 Å². The Labute approximate surface area is 224 Å². The molecule has 1 N–H and O–H groups in total. The van der Waals surface area contributed by atoms with Crippen LogP contribution >= 0.6 is 35.0 Å². The molecule has 1 aliphatic heterocycles. The number of nitrogens with one attached hydrogen (secondary N) is 1. The Hall–Kier alpha value is -3.24. The van der Waals surface area contributed by atoms with Crippen LogP contribution in [0.4, 0.5) is 11.4 Å². The predicted octanol–water partition coefficient (Wildman–Crippen LogP) is 6.98. The second-order valence-electron chi connectivity index (χ2n) is 8.60. The van der Waals surface area contributed by atoms with Crippen molar-refractivity contribution in [3.63, 3.8) is 0 Å². The summed E-state index contributed by atoms with van der Waals surface area (Å²) in [5.41, 5.74) is 4.87. The molecule has 182 valence electrons. The lowest BCUT2D eigenvalue weighted by molar-refractivity contribution is -0.117. The van der Waals surface area contributed by atoms with Crippen LogP contribution in [0.5, 0.6) is 0 Å². The lowest BCUT2D eigenvalue weighted by Crippen LogP contribution is -2.31. The molecular formula is C28H23Cl2N3O2S. The summed E-state index contributed by atoms with van der Waals surface area (Å²) in [5.74, 6) is -0.808. The van der Waals surface area contributed by atoms with Gasteiger partial charge in [-0.3, -0.25) is 14.5 Å². The number of rotatable bonds is 5. The van der Waals surface area contributed by atoms with E-state index >= 15 is 0 Å². The summed E-state index contributed by atoms with van der Waals surface area (Å²) >= 11 is 13.7. The van der Waals surface area contributed by atoms with Gasteiger partial charge in [0.15, 0.2) is 0 Å². The van der Waals surface area contributed by atoms with E-state index in [0.29, 0.717) is 32.9 Å². The van der Waals surface area contributed by atoms with Gasteiger partial charge < -0.3 is 5.32 Å². The Bertz CT molecular complexity index is 1430. The van der Waals surface area contributed by atoms with Crippen LogP contribution < -0.4 is 10.2 Å². The first-order valence-electron chi connectivity index (χ1n) is 11.2. The molecule has 0 bridgehead atoms. The molecule has 0 aliphatic carbocycles. The zero-order chi connectivity index (χ0) is 26.0. The summed E-state index contributed by atoms with van der Waals surface area (Å²) in [6, 6.07) is 20.0. The standard InChI is InChI=1S/C28H23Cl2N3O2S/c1-16-4-8-21(9-5-16)32-26(34)23(15-31)28-33(22-10-6-17(2)18(3)12-22)27(35)25(36-28)14-19-13-20(29)7-11-24(19)30/h4-13,25H,14H2,1-3H3,(H,32,34)/b28-23-/t25-/m1/s1. The molecule has 1 heterocycles. The number of benzene rings is 3. The lowest BCUT2D eigenvalue weighted by Gasteiger charge is -2.20. The van der Waals surface area contributed by atoms with E-state index in [1.807, 2.05) is 57.2 Å². The highest BCUT2D eigenvalue weighted by atomic mass is 35.5. The van der Waals surface area contributed by atoms with Crippen LogP contribution in [-0.2, 0) is 16.0 Å². The van der Waals surface area contributed by atoms with Crippen molar-refractivity contribution in [2.75, 3.05) is 10.2 Å². The molecule has 0 unspecified atom stereocenters. The minimum atomic E-state index is -0.590. The number of amides is 2. The number of carbonyl (C=O) groups excluding carboxylic acids is 2. The molecule has 2 amide bonds. The molecule has 0 saturated carbocycles. The van der Waals surface area contributed by atoms with Gasteiger partial charge in [-0.1, -0.05) is 58.7 Å². The van der Waals surface area contributed by atoms with Gasteiger partial charge in [0.05, 0.1) is 5.25 Å². The summed E-state index contributed by atoms with van der Waals surface area (Å²) in [6.07, 6.45) is 0.298. The maximum atomic E-state index is 13.7. The van der Waals surface area contributed by atoms with E-state index < -0.39 is 11.2 Å². The van der Waals surface area contributed by atoms with Crippen LogP contribution in [0.1, 0.15) is 22.3 Å². The fourth-order valence-electron chi connectivity index (χ4n) is 3.82. The van der Waals surface area contributed by atoms with Crippen molar-refractivity contribution in [2.45, 2.75) is 32.4 Å². The second kappa shape index (κ2) is 10.8. The Morgan fingerprint density at radius 3 is 2.42 bits per heavy atom. The fraction of sp³-hybridized carbons (Fsp3) is 0.179. The number of anilines is 2. The number of halogens is 2. The molecule has 0 spiro atoms. The largest absolute Gasteiger partial charge is 0.321 e. The van der Waals surface area contributed by atoms with Gasteiger partial charge in [0.1, 0.15) is 16.7 Å². The van der Waals surface area contributed by atoms with Gasteiger partial charge in [-0.2, -0.15) is 5.26 Å². The van der Waals surface area contributed by atoms with E-state index in [0.717, 1.165) is 22.3 Å². The number of hydrogen-bond acceptors (Lipinski definition) is 4. The minimum Gasteiger partial charge on any atom is -0.321 e. The lowest BCUT2D eigenvalue weighted by atomic mass is 10.1. The van der Waals surface area contributed by atoms with Crippen molar-refractivity contribution in [1.82, 2.24) is 0 Å². The molecule has 1 saturated heterocycles. The molecule has 5 nitrogen and oxygen atoms in total. The summed E-state index contributed by atoms with van der Waals surface area (Å²) in [7, 11) is 0. The first-order valence-corrected chi connectivity index (χ1v) is 12.9. The average molecular weight is 536 g/mol. The van der Waals surface area contributed by atoms with E-state index in [-0.39, 0.29) is 11.5 Å². The third kappa shape index (κ3) is 5.44. The van der Waals surface area contributed by atoms with Gasteiger partial charge in [-0.15, -0.1) is 0 Å². The third-order valence-electron chi connectivity index (χ3n) is 5.98. The zero-order valence-corrected chi connectivity index (χ0v) is 22.3. The van der Waals surface area contributed by atoms with Crippen molar-refractivity contribution in [3.8, 4) is 6.07 Å². The Morgan fingerprint density at radius 2 is 1.75 bits per heavy atom.